The Balaban J connectivity index is 1.85. The van der Waals surface area contributed by atoms with E-state index in [0.29, 0.717) is 12.2 Å². The number of para-hydroxylation sites is 1. The SMILES string of the molecule is CC[C@@](CCc1ccccc1)(CC(=O)Oc1c(C)cccc1C)c1ccccc1. The zero-order chi connectivity index (χ0) is 20.7. The summed E-state index contributed by atoms with van der Waals surface area (Å²) in [6, 6.07) is 26.8. The maximum absolute atomic E-state index is 13.1. The molecule has 0 heterocycles. The van der Waals surface area contributed by atoms with E-state index in [1.165, 1.54) is 11.1 Å². The average Bonchev–Trinajstić information content (AvgIpc) is 2.75. The summed E-state index contributed by atoms with van der Waals surface area (Å²) in [5, 5.41) is 0. The summed E-state index contributed by atoms with van der Waals surface area (Å²) in [6.07, 6.45) is 3.08. The molecule has 0 amide bonds. The molecule has 3 rings (SSSR count). The molecule has 150 valence electrons. The predicted octanol–water partition coefficient (Wildman–Crippen LogP) is 6.58. The number of rotatable bonds is 8. The second-order valence-electron chi connectivity index (χ2n) is 7.86. The first-order valence-corrected chi connectivity index (χ1v) is 10.4. The third-order valence-corrected chi connectivity index (χ3v) is 5.91. The van der Waals surface area contributed by atoms with Crippen LogP contribution in [0.2, 0.25) is 0 Å². The molecule has 0 unspecified atom stereocenters. The van der Waals surface area contributed by atoms with Crippen LogP contribution in [0.5, 0.6) is 5.75 Å². The van der Waals surface area contributed by atoms with Gasteiger partial charge in [0.25, 0.3) is 0 Å². The number of aryl methyl sites for hydroxylation is 3. The van der Waals surface area contributed by atoms with Crippen LogP contribution in [0.3, 0.4) is 0 Å². The van der Waals surface area contributed by atoms with Gasteiger partial charge in [0.1, 0.15) is 5.75 Å². The third kappa shape index (κ3) is 5.14. The van der Waals surface area contributed by atoms with Gasteiger partial charge >= 0.3 is 5.97 Å². The molecule has 3 aromatic carbocycles. The molecule has 0 aromatic heterocycles. The number of carbonyl (C=O) groups is 1. The number of hydrogen-bond acceptors (Lipinski definition) is 2. The summed E-state index contributed by atoms with van der Waals surface area (Å²) in [4.78, 5) is 13.1. The van der Waals surface area contributed by atoms with Crippen molar-refractivity contribution < 1.29 is 9.53 Å². The molecule has 0 radical (unpaired) electrons. The topological polar surface area (TPSA) is 26.3 Å². The molecular weight excluding hydrogens is 356 g/mol. The lowest BCUT2D eigenvalue weighted by Crippen LogP contribution is -2.31. The highest BCUT2D eigenvalue weighted by atomic mass is 16.5. The number of ether oxygens (including phenoxy) is 1. The first kappa shape index (κ1) is 20.9. The Morgan fingerprint density at radius 2 is 1.41 bits per heavy atom. The Morgan fingerprint density at radius 3 is 2.00 bits per heavy atom. The van der Waals surface area contributed by atoms with Crippen molar-refractivity contribution in [2.75, 3.05) is 0 Å². The number of carbonyl (C=O) groups excluding carboxylic acids is 1. The predicted molar refractivity (Wildman–Crippen MR) is 119 cm³/mol. The fourth-order valence-corrected chi connectivity index (χ4v) is 4.05. The zero-order valence-electron chi connectivity index (χ0n) is 17.7. The van der Waals surface area contributed by atoms with E-state index in [1.54, 1.807) is 0 Å². The number of esters is 1. The van der Waals surface area contributed by atoms with Gasteiger partial charge in [-0.15, -0.1) is 0 Å². The summed E-state index contributed by atoms with van der Waals surface area (Å²) in [7, 11) is 0. The molecule has 2 heteroatoms. The molecule has 1 atom stereocenters. The average molecular weight is 387 g/mol. The van der Waals surface area contributed by atoms with Crippen LogP contribution in [0.1, 0.15) is 48.4 Å². The molecule has 0 bridgehead atoms. The standard InChI is InChI=1S/C27H30O2/c1-4-27(24-16-9-6-10-17-24,19-18-23-14-7-5-8-15-23)20-25(28)29-26-21(2)12-11-13-22(26)3/h5-17H,4,18-20H2,1-3H3/t27-/m1/s1. The first-order valence-electron chi connectivity index (χ1n) is 10.4. The molecule has 29 heavy (non-hydrogen) atoms. The van der Waals surface area contributed by atoms with E-state index in [2.05, 4.69) is 55.5 Å². The third-order valence-electron chi connectivity index (χ3n) is 5.91. The lowest BCUT2D eigenvalue weighted by molar-refractivity contribution is -0.136. The van der Waals surface area contributed by atoms with Crippen molar-refractivity contribution in [1.82, 2.24) is 0 Å². The van der Waals surface area contributed by atoms with Crippen molar-refractivity contribution in [3.05, 3.63) is 101 Å². The Hall–Kier alpha value is -2.87. The van der Waals surface area contributed by atoms with Gasteiger partial charge in [-0.1, -0.05) is 85.8 Å². The molecule has 0 saturated carbocycles. The lowest BCUT2D eigenvalue weighted by atomic mass is 9.71. The number of hydrogen-bond donors (Lipinski definition) is 0. The minimum absolute atomic E-state index is 0.166. The van der Waals surface area contributed by atoms with Gasteiger partial charge in [0.15, 0.2) is 0 Å². The largest absolute Gasteiger partial charge is 0.426 e. The van der Waals surface area contributed by atoms with Crippen LogP contribution >= 0.6 is 0 Å². The molecule has 0 saturated heterocycles. The van der Waals surface area contributed by atoms with Crippen LogP contribution in [0.4, 0.5) is 0 Å². The van der Waals surface area contributed by atoms with Crippen LogP contribution in [0.15, 0.2) is 78.9 Å². The minimum atomic E-state index is -0.245. The Morgan fingerprint density at radius 1 is 0.828 bits per heavy atom. The van der Waals surface area contributed by atoms with E-state index in [4.69, 9.17) is 4.74 Å². The van der Waals surface area contributed by atoms with E-state index in [9.17, 15) is 4.79 Å². The van der Waals surface area contributed by atoms with Gasteiger partial charge in [-0.05, 0) is 55.4 Å². The van der Waals surface area contributed by atoms with Gasteiger partial charge in [-0.25, -0.2) is 0 Å². The Labute approximate surface area is 174 Å². The molecule has 2 nitrogen and oxygen atoms in total. The van der Waals surface area contributed by atoms with Crippen LogP contribution in [-0.2, 0) is 16.6 Å². The summed E-state index contributed by atoms with van der Waals surface area (Å²) < 4.78 is 5.87. The monoisotopic (exact) mass is 386 g/mol. The minimum Gasteiger partial charge on any atom is -0.426 e. The van der Waals surface area contributed by atoms with Gasteiger partial charge in [-0.2, -0.15) is 0 Å². The molecule has 0 N–H and O–H groups in total. The van der Waals surface area contributed by atoms with Gasteiger partial charge in [0.05, 0.1) is 6.42 Å². The first-order chi connectivity index (χ1) is 14.0. The van der Waals surface area contributed by atoms with Crippen LogP contribution in [-0.4, -0.2) is 5.97 Å². The van der Waals surface area contributed by atoms with Gasteiger partial charge < -0.3 is 4.74 Å². The van der Waals surface area contributed by atoms with Gasteiger partial charge in [0, 0.05) is 5.41 Å². The van der Waals surface area contributed by atoms with E-state index in [0.717, 1.165) is 30.4 Å². The highest BCUT2D eigenvalue weighted by molar-refractivity contribution is 5.75. The molecular formula is C27H30O2. The summed E-state index contributed by atoms with van der Waals surface area (Å²) in [5.74, 6) is 0.528. The molecule has 3 aromatic rings. The smallest absolute Gasteiger partial charge is 0.312 e. The van der Waals surface area contributed by atoms with Crippen molar-refractivity contribution in [2.24, 2.45) is 0 Å². The van der Waals surface area contributed by atoms with Crippen molar-refractivity contribution in [1.29, 1.82) is 0 Å². The quantitative estimate of drug-likeness (QED) is 0.323. The lowest BCUT2D eigenvalue weighted by Gasteiger charge is -2.33. The van der Waals surface area contributed by atoms with Crippen molar-refractivity contribution in [3.63, 3.8) is 0 Å². The molecule has 0 aliphatic heterocycles. The highest BCUT2D eigenvalue weighted by Gasteiger charge is 2.33. The van der Waals surface area contributed by atoms with Crippen LogP contribution in [0, 0.1) is 13.8 Å². The van der Waals surface area contributed by atoms with Crippen LogP contribution < -0.4 is 4.74 Å². The maximum Gasteiger partial charge on any atom is 0.312 e. The summed E-state index contributed by atoms with van der Waals surface area (Å²) in [6.45, 7) is 6.13. The maximum atomic E-state index is 13.1. The van der Waals surface area contributed by atoms with E-state index in [-0.39, 0.29) is 11.4 Å². The fraction of sp³-hybridized carbons (Fsp3) is 0.296. The molecule has 0 aliphatic rings. The Kier molecular flexibility index (Phi) is 6.87. The van der Waals surface area contributed by atoms with Gasteiger partial charge in [0.2, 0.25) is 0 Å². The summed E-state index contributed by atoms with van der Waals surface area (Å²) in [5.41, 5.74) is 4.24. The molecule has 0 spiro atoms. The highest BCUT2D eigenvalue weighted by Crippen LogP contribution is 2.37. The zero-order valence-corrected chi connectivity index (χ0v) is 17.7. The second kappa shape index (κ2) is 9.56. The Bertz CT molecular complexity index is 911. The fourth-order valence-electron chi connectivity index (χ4n) is 4.05. The molecule has 0 aliphatic carbocycles. The van der Waals surface area contributed by atoms with Gasteiger partial charge in [-0.3, -0.25) is 4.79 Å². The van der Waals surface area contributed by atoms with Crippen molar-refractivity contribution in [2.45, 2.75) is 51.9 Å². The van der Waals surface area contributed by atoms with E-state index >= 15 is 0 Å². The number of benzene rings is 3. The van der Waals surface area contributed by atoms with Crippen LogP contribution in [0.25, 0.3) is 0 Å². The second-order valence-corrected chi connectivity index (χ2v) is 7.86. The normalized spacial score (nSPS) is 12.9. The van der Waals surface area contributed by atoms with E-state index < -0.39 is 0 Å². The molecule has 0 fully saturated rings. The van der Waals surface area contributed by atoms with Crippen molar-refractivity contribution >= 4 is 5.97 Å². The van der Waals surface area contributed by atoms with E-state index in [1.807, 2.05) is 44.2 Å². The van der Waals surface area contributed by atoms with Crippen molar-refractivity contribution in [3.8, 4) is 5.75 Å². The summed E-state index contributed by atoms with van der Waals surface area (Å²) >= 11 is 0.